The summed E-state index contributed by atoms with van der Waals surface area (Å²) >= 11 is 7.06. The van der Waals surface area contributed by atoms with Crippen LogP contribution in [0.4, 0.5) is 0 Å². The standard InChI is InChI=1S/C12H14ClN3O2S2/c13-8-4-6-9(7-5-8)16-20(17,18)11-3-1-2-10-12(11)15-19-14-10/h1-3,8-9,16H,4-7H2. The van der Waals surface area contributed by atoms with E-state index < -0.39 is 10.0 Å². The first-order valence-corrected chi connectivity index (χ1v) is 9.09. The second-order valence-electron chi connectivity index (χ2n) is 4.96. The second-order valence-corrected chi connectivity index (χ2v) is 7.79. The van der Waals surface area contributed by atoms with E-state index >= 15 is 0 Å². The first kappa shape index (κ1) is 14.2. The van der Waals surface area contributed by atoms with Gasteiger partial charge in [-0.05, 0) is 37.8 Å². The average Bonchev–Trinajstić information content (AvgIpc) is 2.89. The molecule has 0 bridgehead atoms. The van der Waals surface area contributed by atoms with Gasteiger partial charge in [0.25, 0.3) is 0 Å². The third-order valence-corrected chi connectivity index (χ3v) is 6.05. The van der Waals surface area contributed by atoms with E-state index in [1.165, 1.54) is 0 Å². The summed E-state index contributed by atoms with van der Waals surface area (Å²) in [5.41, 5.74) is 1.05. The lowest BCUT2D eigenvalue weighted by atomic mass is 9.96. The van der Waals surface area contributed by atoms with E-state index in [0.717, 1.165) is 37.4 Å². The summed E-state index contributed by atoms with van der Waals surface area (Å²) < 4.78 is 35.9. The first-order valence-electron chi connectivity index (χ1n) is 6.44. The van der Waals surface area contributed by atoms with Crippen LogP contribution in [0, 0.1) is 0 Å². The number of halogens is 1. The predicted octanol–water partition coefficient (Wildman–Crippen LogP) is 2.52. The van der Waals surface area contributed by atoms with Crippen molar-refractivity contribution in [3.63, 3.8) is 0 Å². The normalized spacial score (nSPS) is 24.1. The quantitative estimate of drug-likeness (QED) is 0.877. The Balaban J connectivity index is 1.86. The summed E-state index contributed by atoms with van der Waals surface area (Å²) in [5.74, 6) is 0. The highest BCUT2D eigenvalue weighted by Gasteiger charge is 2.26. The van der Waals surface area contributed by atoms with Crippen molar-refractivity contribution in [2.45, 2.75) is 42.0 Å². The van der Waals surface area contributed by atoms with E-state index in [9.17, 15) is 8.42 Å². The maximum atomic E-state index is 12.5. The molecule has 1 fully saturated rings. The maximum Gasteiger partial charge on any atom is 0.243 e. The Bertz CT molecular complexity index is 708. The van der Waals surface area contributed by atoms with Crippen LogP contribution in [-0.2, 0) is 10.0 Å². The number of benzene rings is 1. The lowest BCUT2D eigenvalue weighted by molar-refractivity contribution is 0.416. The summed E-state index contributed by atoms with van der Waals surface area (Å²) in [7, 11) is -3.56. The van der Waals surface area contributed by atoms with Gasteiger partial charge in [0.05, 0.1) is 11.7 Å². The van der Waals surface area contributed by atoms with Crippen molar-refractivity contribution in [3.05, 3.63) is 18.2 Å². The topological polar surface area (TPSA) is 72.0 Å². The SMILES string of the molecule is O=S(=O)(NC1CCC(Cl)CC1)c1cccc2nsnc12. The number of nitrogens with one attached hydrogen (secondary N) is 1. The minimum absolute atomic E-state index is 0.0446. The molecule has 1 N–H and O–H groups in total. The molecule has 1 aliphatic rings. The molecule has 1 aliphatic carbocycles. The average molecular weight is 332 g/mol. The van der Waals surface area contributed by atoms with E-state index in [4.69, 9.17) is 11.6 Å². The fourth-order valence-corrected chi connectivity index (χ4v) is 4.78. The molecule has 0 radical (unpaired) electrons. The Morgan fingerprint density at radius 1 is 1.20 bits per heavy atom. The summed E-state index contributed by atoms with van der Waals surface area (Å²) in [5, 5.41) is 0.168. The molecule has 0 atom stereocenters. The summed E-state index contributed by atoms with van der Waals surface area (Å²) in [6.45, 7) is 0. The number of hydrogen-bond acceptors (Lipinski definition) is 5. The van der Waals surface area contributed by atoms with Crippen molar-refractivity contribution < 1.29 is 8.42 Å². The molecule has 0 spiro atoms. The van der Waals surface area contributed by atoms with Crippen LogP contribution in [0.25, 0.3) is 11.0 Å². The molecule has 0 saturated heterocycles. The Morgan fingerprint density at radius 3 is 2.70 bits per heavy atom. The van der Waals surface area contributed by atoms with Gasteiger partial charge in [0.15, 0.2) is 0 Å². The van der Waals surface area contributed by atoms with E-state index in [-0.39, 0.29) is 16.3 Å². The van der Waals surface area contributed by atoms with Crippen LogP contribution in [0.1, 0.15) is 25.7 Å². The number of aromatic nitrogens is 2. The Hall–Kier alpha value is -0.760. The Kier molecular flexibility index (Phi) is 3.94. The van der Waals surface area contributed by atoms with Crippen molar-refractivity contribution in [3.8, 4) is 0 Å². The molecule has 3 rings (SSSR count). The number of nitrogens with zero attached hydrogens (tertiary/aromatic N) is 2. The number of alkyl halides is 1. The van der Waals surface area contributed by atoms with E-state index in [2.05, 4.69) is 13.5 Å². The molecule has 1 aromatic heterocycles. The molecule has 0 unspecified atom stereocenters. The molecule has 1 saturated carbocycles. The van der Waals surface area contributed by atoms with Gasteiger partial charge in [-0.25, -0.2) is 13.1 Å². The third-order valence-electron chi connectivity index (χ3n) is 3.52. The zero-order valence-corrected chi connectivity index (χ0v) is 13.0. The van der Waals surface area contributed by atoms with E-state index in [0.29, 0.717) is 11.0 Å². The Labute approximate surface area is 126 Å². The third kappa shape index (κ3) is 2.81. The lowest BCUT2D eigenvalue weighted by Crippen LogP contribution is -2.37. The highest BCUT2D eigenvalue weighted by molar-refractivity contribution is 7.89. The van der Waals surface area contributed by atoms with Crippen LogP contribution in [-0.4, -0.2) is 28.6 Å². The number of fused-ring (bicyclic) bond motifs is 1. The maximum absolute atomic E-state index is 12.5. The molecule has 1 heterocycles. The largest absolute Gasteiger partial charge is 0.243 e. The first-order chi connectivity index (χ1) is 9.56. The van der Waals surface area contributed by atoms with Crippen LogP contribution in [0.15, 0.2) is 23.1 Å². The summed E-state index contributed by atoms with van der Waals surface area (Å²) in [6, 6.07) is 4.97. The number of sulfonamides is 1. The van der Waals surface area contributed by atoms with Crippen molar-refractivity contribution in [2.24, 2.45) is 0 Å². The van der Waals surface area contributed by atoms with Gasteiger partial charge in [0.2, 0.25) is 10.0 Å². The summed E-state index contributed by atoms with van der Waals surface area (Å²) in [6.07, 6.45) is 3.24. The van der Waals surface area contributed by atoms with Gasteiger partial charge in [0.1, 0.15) is 15.9 Å². The van der Waals surface area contributed by atoms with Gasteiger partial charge in [-0.15, -0.1) is 11.6 Å². The number of hydrogen-bond donors (Lipinski definition) is 1. The minimum atomic E-state index is -3.56. The highest BCUT2D eigenvalue weighted by atomic mass is 35.5. The molecule has 0 amide bonds. The number of rotatable bonds is 3. The molecule has 8 heteroatoms. The summed E-state index contributed by atoms with van der Waals surface area (Å²) in [4.78, 5) is 0.205. The minimum Gasteiger partial charge on any atom is -0.208 e. The highest BCUT2D eigenvalue weighted by Crippen LogP contribution is 2.26. The second kappa shape index (κ2) is 5.55. The van der Waals surface area contributed by atoms with Crippen LogP contribution in [0.2, 0.25) is 0 Å². The van der Waals surface area contributed by atoms with Crippen molar-refractivity contribution in [1.82, 2.24) is 13.5 Å². The zero-order valence-electron chi connectivity index (χ0n) is 10.6. The molecule has 5 nitrogen and oxygen atoms in total. The van der Waals surface area contributed by atoms with Crippen molar-refractivity contribution >= 4 is 44.4 Å². The van der Waals surface area contributed by atoms with Gasteiger partial charge in [-0.1, -0.05) is 6.07 Å². The van der Waals surface area contributed by atoms with E-state index in [1.54, 1.807) is 18.2 Å². The van der Waals surface area contributed by atoms with Gasteiger partial charge in [-0.2, -0.15) is 8.75 Å². The zero-order chi connectivity index (χ0) is 14.2. The molecule has 0 aliphatic heterocycles. The van der Waals surface area contributed by atoms with Gasteiger partial charge >= 0.3 is 0 Å². The smallest absolute Gasteiger partial charge is 0.208 e. The lowest BCUT2D eigenvalue weighted by Gasteiger charge is -2.25. The molecular formula is C12H14ClN3O2S2. The van der Waals surface area contributed by atoms with Gasteiger partial charge < -0.3 is 0 Å². The van der Waals surface area contributed by atoms with Crippen molar-refractivity contribution in [1.29, 1.82) is 0 Å². The van der Waals surface area contributed by atoms with E-state index in [1.807, 2.05) is 0 Å². The van der Waals surface area contributed by atoms with Crippen LogP contribution >= 0.6 is 23.3 Å². The molecule has 1 aromatic carbocycles. The fraction of sp³-hybridized carbons (Fsp3) is 0.500. The Morgan fingerprint density at radius 2 is 1.95 bits per heavy atom. The van der Waals surface area contributed by atoms with Crippen molar-refractivity contribution in [2.75, 3.05) is 0 Å². The van der Waals surface area contributed by atoms with Gasteiger partial charge in [0, 0.05) is 11.4 Å². The molecular weight excluding hydrogens is 318 g/mol. The van der Waals surface area contributed by atoms with Crippen LogP contribution in [0.5, 0.6) is 0 Å². The van der Waals surface area contributed by atoms with Crippen LogP contribution in [0.3, 0.4) is 0 Å². The molecule has 108 valence electrons. The van der Waals surface area contributed by atoms with Gasteiger partial charge in [-0.3, -0.25) is 0 Å². The van der Waals surface area contributed by atoms with Crippen LogP contribution < -0.4 is 4.72 Å². The molecule has 2 aromatic rings. The monoisotopic (exact) mass is 331 g/mol. The molecule has 20 heavy (non-hydrogen) atoms. The predicted molar refractivity (Wildman–Crippen MR) is 79.6 cm³/mol. The fourth-order valence-electron chi connectivity index (χ4n) is 2.45.